The molecule has 0 unspecified atom stereocenters. The van der Waals surface area contributed by atoms with Gasteiger partial charge in [0.05, 0.1) is 5.69 Å². The number of hydrogen-bond acceptors (Lipinski definition) is 3. The third kappa shape index (κ3) is 4.24. The molecule has 0 aliphatic heterocycles. The van der Waals surface area contributed by atoms with E-state index in [4.69, 9.17) is 0 Å². The predicted molar refractivity (Wildman–Crippen MR) is 100 cm³/mol. The van der Waals surface area contributed by atoms with Gasteiger partial charge in [0.15, 0.2) is 0 Å². The van der Waals surface area contributed by atoms with Crippen molar-refractivity contribution in [3.63, 3.8) is 0 Å². The van der Waals surface area contributed by atoms with Crippen molar-refractivity contribution in [3.05, 3.63) is 59.7 Å². The highest BCUT2D eigenvalue weighted by molar-refractivity contribution is 5.85. The Morgan fingerprint density at radius 3 is 2.54 bits per heavy atom. The van der Waals surface area contributed by atoms with Crippen LogP contribution in [0.1, 0.15) is 43.2 Å². The van der Waals surface area contributed by atoms with Gasteiger partial charge in [0.25, 0.3) is 0 Å². The molecule has 1 fully saturated rings. The van der Waals surface area contributed by atoms with Crippen LogP contribution in [0.3, 0.4) is 0 Å². The Balaban J connectivity index is 1.74. The maximum absolute atomic E-state index is 9.87. The van der Waals surface area contributed by atoms with E-state index in [-0.39, 0.29) is 5.75 Å². The fourth-order valence-electron chi connectivity index (χ4n) is 3.43. The van der Waals surface area contributed by atoms with Crippen molar-refractivity contribution >= 4 is 11.9 Å². The van der Waals surface area contributed by atoms with Crippen molar-refractivity contribution in [2.75, 3.05) is 7.05 Å². The van der Waals surface area contributed by atoms with Crippen molar-refractivity contribution in [2.45, 2.75) is 44.7 Å². The van der Waals surface area contributed by atoms with Crippen LogP contribution in [0.5, 0.6) is 5.75 Å². The van der Waals surface area contributed by atoms with Gasteiger partial charge < -0.3 is 5.11 Å². The molecular formula is C21H26N2O. The summed E-state index contributed by atoms with van der Waals surface area (Å²) in [5, 5.41) is 9.87. The van der Waals surface area contributed by atoms with Crippen molar-refractivity contribution < 1.29 is 5.11 Å². The van der Waals surface area contributed by atoms with Crippen LogP contribution in [0.25, 0.3) is 0 Å². The third-order valence-corrected chi connectivity index (χ3v) is 4.89. The summed E-state index contributed by atoms with van der Waals surface area (Å²) >= 11 is 0. The molecule has 0 bridgehead atoms. The molecule has 1 saturated carbocycles. The van der Waals surface area contributed by atoms with Gasteiger partial charge in [0.1, 0.15) is 5.75 Å². The molecule has 0 heterocycles. The SMILES string of the molecule is CN(Cc1ccccc1N=Cc1ccccc1O)C1CCCCC1. The largest absolute Gasteiger partial charge is 0.507 e. The molecule has 2 aromatic rings. The first kappa shape index (κ1) is 16.7. The summed E-state index contributed by atoms with van der Waals surface area (Å²) in [6.45, 7) is 0.916. The second-order valence-corrected chi connectivity index (χ2v) is 6.65. The zero-order valence-corrected chi connectivity index (χ0v) is 14.4. The molecule has 24 heavy (non-hydrogen) atoms. The first-order chi connectivity index (χ1) is 11.7. The lowest BCUT2D eigenvalue weighted by Crippen LogP contribution is -2.32. The Bertz CT molecular complexity index is 690. The quantitative estimate of drug-likeness (QED) is 0.794. The lowest BCUT2D eigenvalue weighted by molar-refractivity contribution is 0.185. The molecule has 3 nitrogen and oxygen atoms in total. The number of phenolic OH excluding ortho intramolecular Hbond substituents is 1. The number of aliphatic imine (C=N–C) groups is 1. The Morgan fingerprint density at radius 1 is 1.04 bits per heavy atom. The van der Waals surface area contributed by atoms with E-state index in [1.807, 2.05) is 30.3 Å². The van der Waals surface area contributed by atoms with Crippen LogP contribution in [0.2, 0.25) is 0 Å². The number of rotatable bonds is 5. The fourth-order valence-corrected chi connectivity index (χ4v) is 3.43. The van der Waals surface area contributed by atoms with E-state index >= 15 is 0 Å². The molecule has 1 N–H and O–H groups in total. The third-order valence-electron chi connectivity index (χ3n) is 4.89. The van der Waals surface area contributed by atoms with Crippen molar-refractivity contribution in [1.29, 1.82) is 0 Å². The fraction of sp³-hybridized carbons (Fsp3) is 0.381. The van der Waals surface area contributed by atoms with Gasteiger partial charge in [0.2, 0.25) is 0 Å². The van der Waals surface area contributed by atoms with Crippen LogP contribution in [-0.4, -0.2) is 29.3 Å². The summed E-state index contributed by atoms with van der Waals surface area (Å²) in [7, 11) is 2.22. The Hall–Kier alpha value is -2.13. The summed E-state index contributed by atoms with van der Waals surface area (Å²) in [6, 6.07) is 16.2. The van der Waals surface area contributed by atoms with E-state index in [1.54, 1.807) is 12.3 Å². The lowest BCUT2D eigenvalue weighted by atomic mass is 9.94. The van der Waals surface area contributed by atoms with Crippen molar-refractivity contribution in [1.82, 2.24) is 4.90 Å². The summed E-state index contributed by atoms with van der Waals surface area (Å²) < 4.78 is 0. The second-order valence-electron chi connectivity index (χ2n) is 6.65. The molecule has 0 atom stereocenters. The number of phenols is 1. The Kier molecular flexibility index (Phi) is 5.65. The van der Waals surface area contributed by atoms with Gasteiger partial charge in [0, 0.05) is 24.4 Å². The van der Waals surface area contributed by atoms with Crippen molar-refractivity contribution in [2.24, 2.45) is 4.99 Å². The molecule has 0 radical (unpaired) electrons. The normalized spacial score (nSPS) is 16.1. The van der Waals surface area contributed by atoms with Gasteiger partial charge in [-0.25, -0.2) is 0 Å². The average Bonchev–Trinajstić information content (AvgIpc) is 2.63. The molecule has 2 aromatic carbocycles. The highest BCUT2D eigenvalue weighted by Gasteiger charge is 2.18. The minimum atomic E-state index is 0.262. The highest BCUT2D eigenvalue weighted by Crippen LogP contribution is 2.26. The summed E-state index contributed by atoms with van der Waals surface area (Å²) in [4.78, 5) is 7.09. The number of nitrogens with zero attached hydrogens (tertiary/aromatic N) is 2. The molecule has 0 aromatic heterocycles. The smallest absolute Gasteiger partial charge is 0.124 e. The van der Waals surface area contributed by atoms with Gasteiger partial charge in [-0.05, 0) is 43.7 Å². The van der Waals surface area contributed by atoms with Crippen LogP contribution in [0.4, 0.5) is 5.69 Å². The molecule has 0 saturated heterocycles. The monoisotopic (exact) mass is 322 g/mol. The summed E-state index contributed by atoms with van der Waals surface area (Å²) in [5.74, 6) is 0.262. The number of para-hydroxylation sites is 2. The Labute approximate surface area is 144 Å². The summed E-state index contributed by atoms with van der Waals surface area (Å²) in [6.07, 6.45) is 8.43. The molecule has 1 aliphatic carbocycles. The second kappa shape index (κ2) is 8.11. The number of aromatic hydroxyl groups is 1. The van der Waals surface area contributed by atoms with Crippen LogP contribution < -0.4 is 0 Å². The molecule has 126 valence electrons. The first-order valence-electron chi connectivity index (χ1n) is 8.84. The van der Waals surface area contributed by atoms with Gasteiger partial charge in [-0.3, -0.25) is 9.89 Å². The standard InChI is InChI=1S/C21H26N2O/c1-23(19-11-3-2-4-12-19)16-18-10-5-7-13-20(18)22-15-17-9-6-8-14-21(17)24/h5-10,13-15,19,24H,2-4,11-12,16H2,1H3. The van der Waals surface area contributed by atoms with Gasteiger partial charge in [-0.1, -0.05) is 49.6 Å². The minimum absolute atomic E-state index is 0.262. The molecule has 3 heteroatoms. The van der Waals surface area contributed by atoms with E-state index in [1.165, 1.54) is 37.7 Å². The van der Waals surface area contributed by atoms with Crippen LogP contribution in [0, 0.1) is 0 Å². The topological polar surface area (TPSA) is 35.8 Å². The molecule has 3 rings (SSSR count). The first-order valence-corrected chi connectivity index (χ1v) is 8.84. The van der Waals surface area contributed by atoms with Gasteiger partial charge >= 0.3 is 0 Å². The van der Waals surface area contributed by atoms with Crippen LogP contribution in [0.15, 0.2) is 53.5 Å². The molecule has 0 amide bonds. The Morgan fingerprint density at radius 2 is 1.75 bits per heavy atom. The molecule has 1 aliphatic rings. The molecular weight excluding hydrogens is 296 g/mol. The van der Waals surface area contributed by atoms with E-state index in [9.17, 15) is 5.11 Å². The number of benzene rings is 2. The highest BCUT2D eigenvalue weighted by atomic mass is 16.3. The molecule has 0 spiro atoms. The predicted octanol–water partition coefficient (Wildman–Crippen LogP) is 4.91. The van der Waals surface area contributed by atoms with E-state index in [0.717, 1.165) is 17.8 Å². The van der Waals surface area contributed by atoms with Crippen LogP contribution >= 0.6 is 0 Å². The zero-order chi connectivity index (χ0) is 16.8. The average molecular weight is 322 g/mol. The van der Waals surface area contributed by atoms with Crippen molar-refractivity contribution in [3.8, 4) is 5.75 Å². The maximum atomic E-state index is 9.87. The van der Waals surface area contributed by atoms with E-state index in [2.05, 4.69) is 29.1 Å². The minimum Gasteiger partial charge on any atom is -0.507 e. The van der Waals surface area contributed by atoms with Crippen LogP contribution in [-0.2, 0) is 6.54 Å². The van der Waals surface area contributed by atoms with Gasteiger partial charge in [-0.2, -0.15) is 0 Å². The maximum Gasteiger partial charge on any atom is 0.124 e. The zero-order valence-electron chi connectivity index (χ0n) is 14.4. The number of hydrogen-bond donors (Lipinski definition) is 1. The van der Waals surface area contributed by atoms with E-state index in [0.29, 0.717) is 6.04 Å². The lowest BCUT2D eigenvalue weighted by Gasteiger charge is -2.31. The van der Waals surface area contributed by atoms with E-state index < -0.39 is 0 Å². The summed E-state index contributed by atoms with van der Waals surface area (Å²) in [5.41, 5.74) is 2.95. The van der Waals surface area contributed by atoms with Gasteiger partial charge in [-0.15, -0.1) is 0 Å².